The topological polar surface area (TPSA) is 77.0 Å². The molecule has 2 aliphatic rings. The third-order valence-corrected chi connectivity index (χ3v) is 6.52. The Morgan fingerprint density at radius 3 is 2.81 bits per heavy atom. The van der Waals surface area contributed by atoms with Gasteiger partial charge in [0.15, 0.2) is 0 Å². The standard InChI is InChI=1S/C23H25F3N4O2/c24-23(25,26)20-11-18-21(27)30(13-28-22(18)29-20)19-3-1-2-15-4-5-16(10-17(15)19)32-12-14-6-8-31-9-7-14/h1-3,11,13-14,16H,4-10,12H2,(H2,27,29)/p+1/t16-/m0/s1. The molecule has 0 amide bonds. The van der Waals surface area contributed by atoms with Gasteiger partial charge >= 0.3 is 6.18 Å². The molecule has 3 aromatic rings. The van der Waals surface area contributed by atoms with E-state index in [9.17, 15) is 13.2 Å². The number of aryl methyl sites for hydroxylation is 1. The van der Waals surface area contributed by atoms with Gasteiger partial charge in [0.25, 0.3) is 0 Å². The van der Waals surface area contributed by atoms with Gasteiger partial charge in [0.2, 0.25) is 17.8 Å². The molecule has 1 fully saturated rings. The number of aromatic nitrogens is 3. The highest BCUT2D eigenvalue weighted by Crippen LogP contribution is 2.32. The predicted octanol–water partition coefficient (Wildman–Crippen LogP) is 3.74. The number of fused-ring (bicyclic) bond motifs is 2. The quantitative estimate of drug-likeness (QED) is 0.598. The van der Waals surface area contributed by atoms with Crippen molar-refractivity contribution in [2.24, 2.45) is 5.92 Å². The van der Waals surface area contributed by atoms with Crippen LogP contribution in [0.25, 0.3) is 16.7 Å². The molecule has 0 unspecified atom stereocenters. The maximum absolute atomic E-state index is 13.1. The summed E-state index contributed by atoms with van der Waals surface area (Å²) in [5, 5.41) is 0.251. The number of H-pyrrole nitrogens is 1. The van der Waals surface area contributed by atoms with Crippen LogP contribution in [0.5, 0.6) is 0 Å². The van der Waals surface area contributed by atoms with Crippen molar-refractivity contribution in [3.63, 3.8) is 0 Å². The first-order chi connectivity index (χ1) is 15.4. The van der Waals surface area contributed by atoms with Crippen LogP contribution in [0, 0.1) is 5.92 Å². The van der Waals surface area contributed by atoms with E-state index in [4.69, 9.17) is 15.2 Å². The fraction of sp³-hybridized carbons (Fsp3) is 0.478. The molecule has 0 spiro atoms. The molecular weight excluding hydrogens is 421 g/mol. The van der Waals surface area contributed by atoms with Gasteiger partial charge in [-0.15, -0.1) is 0 Å². The zero-order valence-electron chi connectivity index (χ0n) is 17.6. The fourth-order valence-electron chi connectivity index (χ4n) is 4.68. The second kappa shape index (κ2) is 8.37. The smallest absolute Gasteiger partial charge is 0.381 e. The highest BCUT2D eigenvalue weighted by Gasteiger charge is 2.34. The number of nitrogen functional groups attached to an aromatic ring is 1. The van der Waals surface area contributed by atoms with Gasteiger partial charge in [0.05, 0.1) is 6.10 Å². The highest BCUT2D eigenvalue weighted by atomic mass is 19.4. The summed E-state index contributed by atoms with van der Waals surface area (Å²) < 4.78 is 52.8. The summed E-state index contributed by atoms with van der Waals surface area (Å²) in [4.78, 5) is 6.52. The third-order valence-electron chi connectivity index (χ3n) is 6.52. The number of hydrogen-bond acceptors (Lipinski definition) is 4. The third kappa shape index (κ3) is 4.06. The van der Waals surface area contributed by atoms with Crippen LogP contribution >= 0.6 is 0 Å². The molecule has 5 rings (SSSR count). The number of alkyl halides is 3. The van der Waals surface area contributed by atoms with Crippen molar-refractivity contribution >= 4 is 16.9 Å². The van der Waals surface area contributed by atoms with E-state index >= 15 is 0 Å². The first-order valence-corrected chi connectivity index (χ1v) is 11.0. The Bertz CT molecular complexity index is 1120. The van der Waals surface area contributed by atoms with Gasteiger partial charge < -0.3 is 20.2 Å². The molecular formula is C23H26F3N4O2+. The van der Waals surface area contributed by atoms with E-state index in [2.05, 4.69) is 16.0 Å². The number of nitrogens with zero attached hydrogens (tertiary/aromatic N) is 2. The molecule has 3 N–H and O–H groups in total. The van der Waals surface area contributed by atoms with Crippen LogP contribution in [0.3, 0.4) is 0 Å². The van der Waals surface area contributed by atoms with Crippen LogP contribution < -0.4 is 10.3 Å². The first kappa shape index (κ1) is 21.2. The summed E-state index contributed by atoms with van der Waals surface area (Å²) in [6.07, 6.45) is 1.74. The van der Waals surface area contributed by atoms with Gasteiger partial charge in [0.1, 0.15) is 16.8 Å². The fourth-order valence-corrected chi connectivity index (χ4v) is 4.68. The van der Waals surface area contributed by atoms with Crippen LogP contribution in [0.15, 0.2) is 30.6 Å². The van der Waals surface area contributed by atoms with E-state index in [1.807, 2.05) is 12.1 Å². The lowest BCUT2D eigenvalue weighted by molar-refractivity contribution is -0.582. The molecule has 1 aliphatic heterocycles. The zero-order chi connectivity index (χ0) is 22.3. The molecule has 0 radical (unpaired) electrons. The van der Waals surface area contributed by atoms with Gasteiger partial charge in [-0.25, -0.2) is 4.57 Å². The molecule has 1 saturated heterocycles. The van der Waals surface area contributed by atoms with E-state index in [0.29, 0.717) is 5.92 Å². The van der Waals surface area contributed by atoms with Gasteiger partial charge in [-0.05, 0) is 54.9 Å². The molecule has 6 nitrogen and oxygen atoms in total. The van der Waals surface area contributed by atoms with Crippen LogP contribution in [-0.2, 0) is 28.5 Å². The lowest BCUT2D eigenvalue weighted by Gasteiger charge is -2.29. The van der Waals surface area contributed by atoms with Crippen molar-refractivity contribution in [3.8, 4) is 5.69 Å². The van der Waals surface area contributed by atoms with E-state index in [1.165, 1.54) is 11.9 Å². The summed E-state index contributed by atoms with van der Waals surface area (Å²) in [6.45, 7) is 2.33. The Morgan fingerprint density at radius 1 is 1.22 bits per heavy atom. The molecule has 170 valence electrons. The average molecular weight is 447 g/mol. The van der Waals surface area contributed by atoms with E-state index < -0.39 is 11.9 Å². The number of hydrogen-bond donors (Lipinski definition) is 2. The first-order valence-electron chi connectivity index (χ1n) is 11.0. The summed E-state index contributed by atoms with van der Waals surface area (Å²) in [7, 11) is 0. The molecule has 2 aromatic heterocycles. The molecule has 3 heterocycles. The van der Waals surface area contributed by atoms with Crippen molar-refractivity contribution in [1.29, 1.82) is 0 Å². The second-order valence-corrected chi connectivity index (χ2v) is 8.61. The maximum atomic E-state index is 13.1. The zero-order valence-corrected chi connectivity index (χ0v) is 17.6. The lowest BCUT2D eigenvalue weighted by Crippen LogP contribution is -2.38. The molecule has 1 aliphatic carbocycles. The van der Waals surface area contributed by atoms with E-state index in [-0.39, 0.29) is 23.0 Å². The van der Waals surface area contributed by atoms with Gasteiger partial charge in [-0.1, -0.05) is 17.1 Å². The molecule has 0 bridgehead atoms. The van der Waals surface area contributed by atoms with Crippen LogP contribution in [-0.4, -0.2) is 35.9 Å². The second-order valence-electron chi connectivity index (χ2n) is 8.61. The maximum Gasteiger partial charge on any atom is 0.431 e. The number of ether oxygens (including phenoxy) is 2. The highest BCUT2D eigenvalue weighted by molar-refractivity contribution is 5.85. The van der Waals surface area contributed by atoms with Crippen molar-refractivity contribution in [1.82, 2.24) is 9.97 Å². The Balaban J connectivity index is 1.43. The Morgan fingerprint density at radius 2 is 2.03 bits per heavy atom. The average Bonchev–Trinajstić information content (AvgIpc) is 3.24. The minimum Gasteiger partial charge on any atom is -0.381 e. The minimum absolute atomic E-state index is 0.106. The molecule has 1 aromatic carbocycles. The van der Waals surface area contributed by atoms with Crippen molar-refractivity contribution < 1.29 is 27.2 Å². The largest absolute Gasteiger partial charge is 0.431 e. The van der Waals surface area contributed by atoms with Crippen LogP contribution in [0.2, 0.25) is 0 Å². The summed E-state index contributed by atoms with van der Waals surface area (Å²) >= 11 is 0. The lowest BCUT2D eigenvalue weighted by atomic mass is 9.88. The number of benzene rings is 1. The van der Waals surface area contributed by atoms with Crippen molar-refractivity contribution in [2.45, 2.75) is 44.4 Å². The predicted molar refractivity (Wildman–Crippen MR) is 112 cm³/mol. The monoisotopic (exact) mass is 447 g/mol. The van der Waals surface area contributed by atoms with Gasteiger partial charge in [-0.2, -0.15) is 13.2 Å². The van der Waals surface area contributed by atoms with Gasteiger partial charge in [0, 0.05) is 26.2 Å². The normalized spacial score (nSPS) is 19.9. The van der Waals surface area contributed by atoms with Crippen molar-refractivity contribution in [3.05, 3.63) is 47.4 Å². The SMILES string of the molecule is Nc1c2cc(C(F)(F)F)[nH]c2nc[n+]1-c1cccc2c1C[C@@H](OCC1CCOCC1)CC2. The summed E-state index contributed by atoms with van der Waals surface area (Å²) in [5.41, 5.74) is 8.74. The molecule has 32 heavy (non-hydrogen) atoms. The molecule has 1 atom stereocenters. The number of nitrogens with one attached hydrogen (secondary N) is 1. The summed E-state index contributed by atoms with van der Waals surface area (Å²) in [6, 6.07) is 6.99. The molecule has 0 saturated carbocycles. The van der Waals surface area contributed by atoms with Gasteiger partial charge in [-0.3, -0.25) is 0 Å². The van der Waals surface area contributed by atoms with E-state index in [0.717, 1.165) is 69.2 Å². The number of anilines is 1. The Hall–Kier alpha value is -2.65. The summed E-state index contributed by atoms with van der Waals surface area (Å²) in [5.74, 6) is 0.758. The Kier molecular flexibility index (Phi) is 5.54. The van der Waals surface area contributed by atoms with Crippen LogP contribution in [0.1, 0.15) is 36.1 Å². The van der Waals surface area contributed by atoms with Crippen molar-refractivity contribution in [2.75, 3.05) is 25.6 Å². The van der Waals surface area contributed by atoms with Crippen LogP contribution in [0.4, 0.5) is 19.0 Å². The number of halogens is 3. The number of aromatic amines is 1. The molecule has 9 heteroatoms. The van der Waals surface area contributed by atoms with E-state index in [1.54, 1.807) is 4.57 Å². The Labute approximate surface area is 183 Å². The number of nitrogens with two attached hydrogens (primary N) is 1. The minimum atomic E-state index is -4.49. The number of rotatable bonds is 4.